The monoisotopic (exact) mass is 258 g/mol. The molecule has 1 aromatic heterocycles. The second-order valence-electron chi connectivity index (χ2n) is 5.33. The molecule has 0 radical (unpaired) electrons. The fourth-order valence-corrected chi connectivity index (χ4v) is 2.89. The van der Waals surface area contributed by atoms with Crippen LogP contribution in [-0.4, -0.2) is 9.78 Å². The van der Waals surface area contributed by atoms with E-state index in [4.69, 9.17) is 0 Å². The normalized spacial score (nSPS) is 17.3. The van der Waals surface area contributed by atoms with E-state index in [0.29, 0.717) is 11.6 Å². The smallest absolute Gasteiger partial charge is 0.131 e. The van der Waals surface area contributed by atoms with Gasteiger partial charge in [0.1, 0.15) is 5.82 Å². The molecule has 100 valence electrons. The van der Waals surface area contributed by atoms with Crippen LogP contribution in [0.25, 0.3) is 11.1 Å². The molecule has 1 saturated carbocycles. The molecule has 0 spiro atoms. The van der Waals surface area contributed by atoms with Crippen molar-refractivity contribution in [3.63, 3.8) is 0 Å². The van der Waals surface area contributed by atoms with Gasteiger partial charge >= 0.3 is 0 Å². The van der Waals surface area contributed by atoms with Crippen LogP contribution in [0.5, 0.6) is 0 Å². The van der Waals surface area contributed by atoms with Crippen LogP contribution in [0.3, 0.4) is 0 Å². The summed E-state index contributed by atoms with van der Waals surface area (Å²) < 4.78 is 15.8. The Balaban J connectivity index is 1.85. The molecule has 1 fully saturated rings. The molecule has 3 heteroatoms. The molecule has 0 amide bonds. The average Bonchev–Trinajstić information content (AvgIpc) is 2.75. The van der Waals surface area contributed by atoms with Gasteiger partial charge in [0.25, 0.3) is 0 Å². The Morgan fingerprint density at radius 3 is 2.53 bits per heavy atom. The van der Waals surface area contributed by atoms with Gasteiger partial charge in [-0.15, -0.1) is 0 Å². The number of halogens is 1. The molecule has 0 aliphatic heterocycles. The number of benzene rings is 1. The van der Waals surface area contributed by atoms with Gasteiger partial charge in [-0.05, 0) is 18.9 Å². The number of hydrogen-bond donors (Lipinski definition) is 0. The van der Waals surface area contributed by atoms with Gasteiger partial charge in [0.2, 0.25) is 0 Å². The quantitative estimate of drug-likeness (QED) is 0.721. The number of nitrogens with zero attached hydrogens (tertiary/aromatic N) is 2. The zero-order chi connectivity index (χ0) is 13.1. The van der Waals surface area contributed by atoms with Crippen LogP contribution >= 0.6 is 0 Å². The van der Waals surface area contributed by atoms with Gasteiger partial charge in [0, 0.05) is 17.3 Å². The molecule has 1 aliphatic rings. The van der Waals surface area contributed by atoms with Crippen molar-refractivity contribution in [2.75, 3.05) is 0 Å². The number of rotatable bonds is 2. The Kier molecular flexibility index (Phi) is 3.62. The molecule has 1 heterocycles. The predicted octanol–water partition coefficient (Wildman–Crippen LogP) is 4.58. The lowest BCUT2D eigenvalue weighted by molar-refractivity contribution is 0.405. The minimum atomic E-state index is -0.178. The van der Waals surface area contributed by atoms with Crippen molar-refractivity contribution in [2.24, 2.45) is 0 Å². The number of hydrogen-bond acceptors (Lipinski definition) is 1. The van der Waals surface area contributed by atoms with Gasteiger partial charge in [-0.3, -0.25) is 4.68 Å². The molecule has 0 N–H and O–H groups in total. The van der Waals surface area contributed by atoms with Crippen molar-refractivity contribution >= 4 is 0 Å². The molecule has 19 heavy (non-hydrogen) atoms. The van der Waals surface area contributed by atoms with E-state index in [-0.39, 0.29) is 5.82 Å². The first-order chi connectivity index (χ1) is 9.34. The highest BCUT2D eigenvalue weighted by molar-refractivity contribution is 5.62. The lowest BCUT2D eigenvalue weighted by Gasteiger charge is -2.14. The van der Waals surface area contributed by atoms with Crippen molar-refractivity contribution in [2.45, 2.75) is 44.6 Å². The molecule has 3 rings (SSSR count). The molecule has 1 aliphatic carbocycles. The fourth-order valence-electron chi connectivity index (χ4n) is 2.89. The minimum absolute atomic E-state index is 0.178. The van der Waals surface area contributed by atoms with E-state index < -0.39 is 0 Å². The minimum Gasteiger partial charge on any atom is -0.269 e. The Morgan fingerprint density at radius 2 is 1.79 bits per heavy atom. The van der Waals surface area contributed by atoms with Crippen molar-refractivity contribution in [1.82, 2.24) is 9.78 Å². The highest BCUT2D eigenvalue weighted by Gasteiger charge is 2.16. The summed E-state index contributed by atoms with van der Waals surface area (Å²) in [7, 11) is 0. The maximum atomic E-state index is 13.8. The topological polar surface area (TPSA) is 17.8 Å². The fraction of sp³-hybridized carbons (Fsp3) is 0.438. The van der Waals surface area contributed by atoms with Crippen LogP contribution in [0.15, 0.2) is 36.7 Å². The van der Waals surface area contributed by atoms with Crippen LogP contribution in [0.2, 0.25) is 0 Å². The lowest BCUT2D eigenvalue weighted by atomic mass is 10.1. The summed E-state index contributed by atoms with van der Waals surface area (Å²) in [5.74, 6) is -0.178. The van der Waals surface area contributed by atoms with Crippen LogP contribution in [0.1, 0.15) is 44.6 Å². The van der Waals surface area contributed by atoms with Crippen molar-refractivity contribution in [3.8, 4) is 11.1 Å². The van der Waals surface area contributed by atoms with Gasteiger partial charge in [0.05, 0.1) is 12.2 Å². The van der Waals surface area contributed by atoms with E-state index in [1.165, 1.54) is 44.6 Å². The Labute approximate surface area is 113 Å². The van der Waals surface area contributed by atoms with Crippen molar-refractivity contribution < 1.29 is 4.39 Å². The molecule has 2 nitrogen and oxygen atoms in total. The highest BCUT2D eigenvalue weighted by atomic mass is 19.1. The molecule has 0 unspecified atom stereocenters. The second-order valence-corrected chi connectivity index (χ2v) is 5.33. The molecular formula is C16H19FN2. The van der Waals surface area contributed by atoms with E-state index in [9.17, 15) is 4.39 Å². The van der Waals surface area contributed by atoms with Gasteiger partial charge in [0.15, 0.2) is 0 Å². The summed E-state index contributed by atoms with van der Waals surface area (Å²) in [6, 6.07) is 7.38. The van der Waals surface area contributed by atoms with Crippen LogP contribution in [0, 0.1) is 5.82 Å². The third-order valence-corrected chi connectivity index (χ3v) is 3.99. The maximum absolute atomic E-state index is 13.8. The third kappa shape index (κ3) is 2.70. The Morgan fingerprint density at radius 1 is 1.05 bits per heavy atom. The van der Waals surface area contributed by atoms with E-state index in [0.717, 1.165) is 5.56 Å². The molecular weight excluding hydrogens is 239 g/mol. The first kappa shape index (κ1) is 12.4. The van der Waals surface area contributed by atoms with Crippen LogP contribution in [-0.2, 0) is 0 Å². The number of aromatic nitrogens is 2. The largest absolute Gasteiger partial charge is 0.269 e. The Bertz CT molecular complexity index is 539. The summed E-state index contributed by atoms with van der Waals surface area (Å²) >= 11 is 0. The van der Waals surface area contributed by atoms with Crippen LogP contribution < -0.4 is 0 Å². The summed E-state index contributed by atoms with van der Waals surface area (Å²) in [5.41, 5.74) is 1.52. The van der Waals surface area contributed by atoms with Gasteiger partial charge < -0.3 is 0 Å². The van der Waals surface area contributed by atoms with Gasteiger partial charge in [-0.2, -0.15) is 5.10 Å². The molecule has 0 bridgehead atoms. The van der Waals surface area contributed by atoms with Gasteiger partial charge in [-0.1, -0.05) is 43.9 Å². The summed E-state index contributed by atoms with van der Waals surface area (Å²) in [6.45, 7) is 0. The average molecular weight is 258 g/mol. The van der Waals surface area contributed by atoms with E-state index in [2.05, 4.69) is 5.10 Å². The van der Waals surface area contributed by atoms with Gasteiger partial charge in [-0.25, -0.2) is 4.39 Å². The summed E-state index contributed by atoms with van der Waals surface area (Å²) in [4.78, 5) is 0. The third-order valence-electron chi connectivity index (χ3n) is 3.99. The molecule has 1 aromatic carbocycles. The van der Waals surface area contributed by atoms with E-state index >= 15 is 0 Å². The van der Waals surface area contributed by atoms with Crippen molar-refractivity contribution in [1.29, 1.82) is 0 Å². The first-order valence-corrected chi connectivity index (χ1v) is 7.13. The second kappa shape index (κ2) is 5.55. The zero-order valence-corrected chi connectivity index (χ0v) is 11.1. The molecule has 0 saturated heterocycles. The zero-order valence-electron chi connectivity index (χ0n) is 11.1. The predicted molar refractivity (Wildman–Crippen MR) is 74.4 cm³/mol. The maximum Gasteiger partial charge on any atom is 0.131 e. The summed E-state index contributed by atoms with van der Waals surface area (Å²) in [5, 5.41) is 4.45. The SMILES string of the molecule is Fc1ccccc1-c1cnn(C2CCCCCC2)c1. The van der Waals surface area contributed by atoms with E-state index in [1.807, 2.05) is 23.0 Å². The summed E-state index contributed by atoms with van der Waals surface area (Å²) in [6.07, 6.45) is 11.4. The lowest BCUT2D eigenvalue weighted by Crippen LogP contribution is -2.08. The van der Waals surface area contributed by atoms with Crippen LogP contribution in [0.4, 0.5) is 4.39 Å². The molecule has 2 aromatic rings. The first-order valence-electron chi connectivity index (χ1n) is 7.13. The molecule has 0 atom stereocenters. The standard InChI is InChI=1S/C16H19FN2/c17-16-10-6-5-9-15(16)13-11-18-19(12-13)14-7-3-1-2-4-8-14/h5-6,9-12,14H,1-4,7-8H2. The van der Waals surface area contributed by atoms with Crippen molar-refractivity contribution in [3.05, 3.63) is 42.5 Å². The Hall–Kier alpha value is -1.64. The highest BCUT2D eigenvalue weighted by Crippen LogP contribution is 2.29. The van der Waals surface area contributed by atoms with E-state index in [1.54, 1.807) is 12.3 Å².